The van der Waals surface area contributed by atoms with Crippen molar-refractivity contribution in [2.75, 3.05) is 13.3 Å². The Kier molecular flexibility index (Phi) is 2.65. The van der Waals surface area contributed by atoms with Crippen LogP contribution in [0, 0.1) is 0 Å². The minimum Gasteiger partial charge on any atom is -0.489 e. The zero-order valence-corrected chi connectivity index (χ0v) is 13.0. The minimum absolute atomic E-state index is 0.110. The summed E-state index contributed by atoms with van der Waals surface area (Å²) in [5.41, 5.74) is 0.750. The lowest BCUT2D eigenvalue weighted by Crippen LogP contribution is -2.48. The van der Waals surface area contributed by atoms with E-state index in [1.807, 2.05) is 6.20 Å². The quantitative estimate of drug-likeness (QED) is 0.910. The fourth-order valence-electron chi connectivity index (χ4n) is 3.96. The zero-order valence-electron chi connectivity index (χ0n) is 13.0. The summed E-state index contributed by atoms with van der Waals surface area (Å²) in [5.74, 6) is -0.660. The van der Waals surface area contributed by atoms with Gasteiger partial charge in [0.05, 0.1) is 24.0 Å². The van der Waals surface area contributed by atoms with E-state index in [1.165, 1.54) is 0 Å². The van der Waals surface area contributed by atoms with E-state index in [1.54, 1.807) is 16.7 Å². The van der Waals surface area contributed by atoms with Crippen LogP contribution in [0.1, 0.15) is 41.7 Å². The molecule has 24 heavy (non-hydrogen) atoms. The molecular weight excluding hydrogens is 315 g/mol. The van der Waals surface area contributed by atoms with Crippen LogP contribution < -0.4 is 4.74 Å². The smallest absolute Gasteiger partial charge is 0.341 e. The van der Waals surface area contributed by atoms with Gasteiger partial charge in [-0.2, -0.15) is 0 Å². The van der Waals surface area contributed by atoms with Crippen LogP contribution in [0.4, 0.5) is 4.39 Å². The van der Waals surface area contributed by atoms with Crippen LogP contribution in [0.2, 0.25) is 0 Å². The van der Waals surface area contributed by atoms with E-state index >= 15 is 0 Å². The number of carbonyl (C=O) groups is 1. The molecule has 2 aliphatic carbocycles. The Morgan fingerprint density at radius 1 is 1.46 bits per heavy atom. The van der Waals surface area contributed by atoms with Crippen molar-refractivity contribution in [3.8, 4) is 5.75 Å². The number of aromatic carboxylic acids is 1. The molecule has 2 aromatic rings. The number of nitrogens with zero attached hydrogens (tertiary/aromatic N) is 2. The molecule has 4 heterocycles. The van der Waals surface area contributed by atoms with Gasteiger partial charge in [0.2, 0.25) is 0 Å². The monoisotopic (exact) mass is 332 g/mol. The van der Waals surface area contributed by atoms with Gasteiger partial charge in [0.15, 0.2) is 0 Å². The summed E-state index contributed by atoms with van der Waals surface area (Å²) in [6.07, 6.45) is 6.66. The zero-order chi connectivity index (χ0) is 16.5. The van der Waals surface area contributed by atoms with E-state index in [-0.39, 0.29) is 17.1 Å². The number of hydrogen-bond donors (Lipinski definition) is 1. The fourth-order valence-corrected chi connectivity index (χ4v) is 3.96. The van der Waals surface area contributed by atoms with E-state index in [4.69, 9.17) is 9.47 Å². The molecule has 0 atom stereocenters. The normalized spacial score (nSPS) is 31.2. The highest BCUT2D eigenvalue weighted by Crippen LogP contribution is 2.58. The van der Waals surface area contributed by atoms with Crippen LogP contribution in [0.5, 0.6) is 5.75 Å². The molecule has 126 valence electrons. The van der Waals surface area contributed by atoms with Crippen LogP contribution in [-0.2, 0) is 10.2 Å². The van der Waals surface area contributed by atoms with Gasteiger partial charge in [-0.15, -0.1) is 0 Å². The molecule has 0 aromatic carbocycles. The van der Waals surface area contributed by atoms with Crippen LogP contribution in [0.3, 0.4) is 0 Å². The van der Waals surface area contributed by atoms with Gasteiger partial charge in [-0.05, 0) is 25.7 Å². The molecule has 4 fully saturated rings. The Morgan fingerprint density at radius 3 is 2.88 bits per heavy atom. The van der Waals surface area contributed by atoms with Crippen molar-refractivity contribution in [1.82, 2.24) is 9.38 Å². The van der Waals surface area contributed by atoms with Gasteiger partial charge in [0.1, 0.15) is 23.6 Å². The number of fused-ring (bicyclic) bond motifs is 2. The van der Waals surface area contributed by atoms with E-state index < -0.39 is 18.2 Å². The second-order valence-electron chi connectivity index (χ2n) is 7.30. The number of carboxylic acid groups (broad SMARTS) is 1. The molecule has 2 aromatic heterocycles. The molecular formula is C17H17FN2O4. The van der Waals surface area contributed by atoms with E-state index in [0.717, 1.165) is 18.5 Å². The van der Waals surface area contributed by atoms with E-state index in [0.29, 0.717) is 30.8 Å². The maximum atomic E-state index is 13.1. The standard InChI is InChI=1S/C17H17FN2O4/c18-8-17-6-16(7-17,9-23-17)13-5-20-4-11(15(21)22)12(3-14(20)19-13)24-10-1-2-10/h3-5,10H,1-2,6-9H2,(H,21,22). The second kappa shape index (κ2) is 4.47. The van der Waals surface area contributed by atoms with Crippen LogP contribution in [-0.4, -0.2) is 45.4 Å². The molecule has 7 heteroatoms. The molecule has 2 saturated carbocycles. The lowest BCUT2D eigenvalue weighted by Gasteiger charge is -2.41. The minimum atomic E-state index is -1.02. The molecule has 6 nitrogen and oxygen atoms in total. The highest BCUT2D eigenvalue weighted by Gasteiger charge is 2.64. The van der Waals surface area contributed by atoms with E-state index in [9.17, 15) is 14.3 Å². The molecule has 2 bridgehead atoms. The molecule has 2 saturated heterocycles. The third-order valence-corrected chi connectivity index (χ3v) is 5.37. The number of hydrogen-bond acceptors (Lipinski definition) is 4. The Balaban J connectivity index is 1.55. The van der Waals surface area contributed by atoms with Gasteiger partial charge < -0.3 is 19.0 Å². The third kappa shape index (κ3) is 1.90. The van der Waals surface area contributed by atoms with Crippen molar-refractivity contribution < 1.29 is 23.8 Å². The number of alkyl halides is 1. The molecule has 0 unspecified atom stereocenters. The predicted octanol–water partition coefficient (Wildman–Crippen LogP) is 2.34. The number of carboxylic acids is 1. The summed E-state index contributed by atoms with van der Waals surface area (Å²) >= 11 is 0. The Hall–Kier alpha value is -2.15. The number of imidazole rings is 1. The first kappa shape index (κ1) is 14.2. The third-order valence-electron chi connectivity index (χ3n) is 5.37. The first-order valence-electron chi connectivity index (χ1n) is 8.16. The topological polar surface area (TPSA) is 73.1 Å². The summed E-state index contributed by atoms with van der Waals surface area (Å²) in [7, 11) is 0. The van der Waals surface area contributed by atoms with E-state index in [2.05, 4.69) is 4.98 Å². The number of halogens is 1. The van der Waals surface area contributed by atoms with Gasteiger partial charge in [0, 0.05) is 23.9 Å². The first-order valence-corrected chi connectivity index (χ1v) is 8.16. The molecule has 0 spiro atoms. The molecule has 2 aliphatic heterocycles. The first-order chi connectivity index (χ1) is 11.5. The van der Waals surface area contributed by atoms with Gasteiger partial charge >= 0.3 is 5.97 Å². The van der Waals surface area contributed by atoms with Crippen LogP contribution >= 0.6 is 0 Å². The van der Waals surface area contributed by atoms with Gasteiger partial charge in [0.25, 0.3) is 0 Å². The van der Waals surface area contributed by atoms with Crippen molar-refractivity contribution in [2.24, 2.45) is 0 Å². The van der Waals surface area contributed by atoms with Crippen LogP contribution in [0.15, 0.2) is 18.5 Å². The van der Waals surface area contributed by atoms with Crippen molar-refractivity contribution in [1.29, 1.82) is 0 Å². The summed E-state index contributed by atoms with van der Waals surface area (Å²) in [4.78, 5) is 16.2. The highest BCUT2D eigenvalue weighted by atomic mass is 19.1. The van der Waals surface area contributed by atoms with Gasteiger partial charge in [-0.3, -0.25) is 0 Å². The number of ether oxygens (including phenoxy) is 2. The molecule has 1 N–H and O–H groups in total. The lowest BCUT2D eigenvalue weighted by molar-refractivity contribution is -0.0235. The average Bonchev–Trinajstić information content (AvgIpc) is 2.98. The summed E-state index contributed by atoms with van der Waals surface area (Å²) in [5, 5.41) is 9.43. The van der Waals surface area contributed by atoms with Gasteiger partial charge in [-0.25, -0.2) is 14.2 Å². The molecule has 6 rings (SSSR count). The average molecular weight is 332 g/mol. The fraction of sp³-hybridized carbons (Fsp3) is 0.529. The molecule has 0 amide bonds. The number of rotatable bonds is 5. The number of pyridine rings is 1. The summed E-state index contributed by atoms with van der Waals surface area (Å²) < 4.78 is 26.2. The van der Waals surface area contributed by atoms with Crippen LogP contribution in [0.25, 0.3) is 5.65 Å². The van der Waals surface area contributed by atoms with Gasteiger partial charge in [-0.1, -0.05) is 0 Å². The number of aromatic nitrogens is 2. The van der Waals surface area contributed by atoms with Crippen molar-refractivity contribution in [3.63, 3.8) is 0 Å². The summed E-state index contributed by atoms with van der Waals surface area (Å²) in [6, 6.07) is 1.68. The van der Waals surface area contributed by atoms with Crippen molar-refractivity contribution >= 4 is 11.6 Å². The molecule has 0 radical (unpaired) electrons. The SMILES string of the molecule is O=C(O)c1cn2cc(C34COC(CF)(C3)C4)nc2cc1OC1CC1. The Bertz CT molecular complexity index is 852. The Labute approximate surface area is 137 Å². The molecule has 4 aliphatic rings. The van der Waals surface area contributed by atoms with Crippen molar-refractivity contribution in [2.45, 2.75) is 42.8 Å². The summed E-state index contributed by atoms with van der Waals surface area (Å²) in [6.45, 7) is 0.00266. The largest absolute Gasteiger partial charge is 0.489 e. The second-order valence-corrected chi connectivity index (χ2v) is 7.30. The predicted molar refractivity (Wildman–Crippen MR) is 81.4 cm³/mol. The Morgan fingerprint density at radius 2 is 2.25 bits per heavy atom. The maximum absolute atomic E-state index is 13.1. The lowest BCUT2D eigenvalue weighted by atomic mass is 9.61. The highest BCUT2D eigenvalue weighted by molar-refractivity contribution is 5.91. The van der Waals surface area contributed by atoms with Crippen molar-refractivity contribution in [3.05, 3.63) is 29.7 Å². The maximum Gasteiger partial charge on any atom is 0.341 e.